The Kier molecular flexibility index (Phi) is 8.38. The van der Waals surface area contributed by atoms with Gasteiger partial charge in [0.15, 0.2) is 0 Å². The van der Waals surface area contributed by atoms with Gasteiger partial charge < -0.3 is 14.5 Å². The van der Waals surface area contributed by atoms with Crippen molar-refractivity contribution in [2.45, 2.75) is 12.5 Å². The second kappa shape index (κ2) is 12.6. The summed E-state index contributed by atoms with van der Waals surface area (Å²) in [5, 5.41) is -0.167. The number of benzene rings is 2. The number of hydrogen-bond donors (Lipinski definition) is 0. The molecule has 10 heteroatoms. The average molecular weight is 657 g/mol. The number of nitrogens with zero attached hydrogens (tertiary/aromatic N) is 3. The maximum atomic E-state index is 14.0. The topological polar surface area (TPSA) is 87.2 Å². The number of allylic oxidation sites excluding steroid dienone is 8. The van der Waals surface area contributed by atoms with Gasteiger partial charge in [0.1, 0.15) is 27.6 Å². The van der Waals surface area contributed by atoms with Crippen molar-refractivity contribution in [3.8, 4) is 0 Å². The highest BCUT2D eigenvalue weighted by molar-refractivity contribution is 6.50. The molecule has 2 aromatic rings. The lowest BCUT2D eigenvalue weighted by molar-refractivity contribution is -0.0180. The van der Waals surface area contributed by atoms with Gasteiger partial charge in [-0.1, -0.05) is 83.9 Å². The van der Waals surface area contributed by atoms with Gasteiger partial charge in [-0.3, -0.25) is 24.1 Å². The minimum Gasteiger partial charge on any atom is -0.370 e. The number of carbonyl (C=O) groups is 4. The smallest absolute Gasteiger partial charge is 0.211 e. The summed E-state index contributed by atoms with van der Waals surface area (Å²) in [4.78, 5) is 59.8. The number of rotatable bonds is 5. The molecule has 0 aromatic heterocycles. The van der Waals surface area contributed by atoms with Gasteiger partial charge in [-0.2, -0.15) is 0 Å². The number of ketones is 4. The number of morpholine rings is 1. The van der Waals surface area contributed by atoms with Crippen molar-refractivity contribution in [1.82, 2.24) is 14.7 Å². The maximum absolute atomic E-state index is 14.0. The first kappa shape index (κ1) is 30.6. The van der Waals surface area contributed by atoms with Gasteiger partial charge in [-0.25, -0.2) is 0 Å². The van der Waals surface area contributed by atoms with Crippen LogP contribution in [0.3, 0.4) is 0 Å². The van der Waals surface area contributed by atoms with E-state index >= 15 is 0 Å². The summed E-state index contributed by atoms with van der Waals surface area (Å²) in [6.07, 6.45) is 11.0. The maximum Gasteiger partial charge on any atom is 0.211 e. The molecular formula is C36H31Cl2N3O5. The molecule has 0 spiro atoms. The van der Waals surface area contributed by atoms with Gasteiger partial charge in [0.2, 0.25) is 23.1 Å². The highest BCUT2D eigenvalue weighted by Gasteiger charge is 2.39. The highest BCUT2D eigenvalue weighted by Crippen LogP contribution is 2.36. The van der Waals surface area contributed by atoms with Gasteiger partial charge in [0, 0.05) is 68.1 Å². The van der Waals surface area contributed by atoms with Crippen LogP contribution >= 0.6 is 23.2 Å². The van der Waals surface area contributed by atoms with E-state index in [2.05, 4.69) is 35.3 Å². The number of halogens is 2. The quantitative estimate of drug-likeness (QED) is 0.419. The van der Waals surface area contributed by atoms with Crippen LogP contribution in [0.4, 0.5) is 0 Å². The molecule has 2 aromatic carbocycles. The predicted molar refractivity (Wildman–Crippen MR) is 175 cm³/mol. The molecule has 5 aliphatic rings. The summed E-state index contributed by atoms with van der Waals surface area (Å²) in [5.74, 6) is -1.37. The summed E-state index contributed by atoms with van der Waals surface area (Å²) < 4.78 is 6.08. The zero-order valence-electron chi connectivity index (χ0n) is 25.0. The molecule has 0 saturated carbocycles. The Morgan fingerprint density at radius 2 is 1.37 bits per heavy atom. The van der Waals surface area contributed by atoms with Crippen LogP contribution in [0, 0.1) is 0 Å². The zero-order chi connectivity index (χ0) is 31.9. The number of Topliss-reactive ketones (excluding diaryl/α,β-unsaturated/α-hetero) is 4. The van der Waals surface area contributed by atoms with E-state index < -0.39 is 6.10 Å². The molecule has 2 heterocycles. The molecule has 0 N–H and O–H groups in total. The van der Waals surface area contributed by atoms with Gasteiger partial charge in [0.05, 0.1) is 6.61 Å². The number of fused-ring (bicyclic) bond motifs is 2. The minimum atomic E-state index is -0.533. The van der Waals surface area contributed by atoms with E-state index in [1.165, 1.54) is 5.57 Å². The molecule has 7 rings (SSSR count). The fourth-order valence-corrected chi connectivity index (χ4v) is 7.28. The summed E-state index contributed by atoms with van der Waals surface area (Å²) in [6, 6.07) is 11.7. The minimum absolute atomic E-state index is 0.0549. The van der Waals surface area contributed by atoms with E-state index in [1.807, 2.05) is 4.90 Å². The van der Waals surface area contributed by atoms with Gasteiger partial charge >= 0.3 is 0 Å². The van der Waals surface area contributed by atoms with Crippen LogP contribution in [0.1, 0.15) is 59.5 Å². The first-order valence-electron chi connectivity index (χ1n) is 15.4. The van der Waals surface area contributed by atoms with Crippen molar-refractivity contribution in [1.29, 1.82) is 0 Å². The molecule has 1 unspecified atom stereocenters. The van der Waals surface area contributed by atoms with E-state index in [1.54, 1.807) is 47.4 Å². The van der Waals surface area contributed by atoms with Crippen LogP contribution in [-0.4, -0.2) is 90.3 Å². The fourth-order valence-electron chi connectivity index (χ4n) is 6.67. The monoisotopic (exact) mass is 655 g/mol. The average Bonchev–Trinajstić information content (AvgIpc) is 3.36. The Bertz CT molecular complexity index is 1830. The Hall–Kier alpha value is -4.08. The molecule has 0 bridgehead atoms. The molecule has 234 valence electrons. The molecule has 0 radical (unpaired) electrons. The van der Waals surface area contributed by atoms with Gasteiger partial charge in [0.25, 0.3) is 0 Å². The van der Waals surface area contributed by atoms with Gasteiger partial charge in [-0.05, 0) is 29.7 Å². The lowest BCUT2D eigenvalue weighted by atomic mass is 9.88. The van der Waals surface area contributed by atoms with Crippen molar-refractivity contribution in [3.63, 3.8) is 0 Å². The Morgan fingerprint density at radius 1 is 0.717 bits per heavy atom. The largest absolute Gasteiger partial charge is 0.370 e. The molecule has 1 atom stereocenters. The third kappa shape index (κ3) is 5.49. The number of piperazine rings is 1. The summed E-state index contributed by atoms with van der Waals surface area (Å²) in [5.41, 5.74) is 3.45. The van der Waals surface area contributed by atoms with E-state index in [0.717, 1.165) is 26.1 Å². The Morgan fingerprint density at radius 3 is 2.11 bits per heavy atom. The fraction of sp³-hybridized carbons (Fsp3) is 0.278. The highest BCUT2D eigenvalue weighted by atomic mass is 35.5. The zero-order valence-corrected chi connectivity index (χ0v) is 26.5. The summed E-state index contributed by atoms with van der Waals surface area (Å²) in [6.45, 7) is 4.28. The van der Waals surface area contributed by atoms with Crippen LogP contribution < -0.4 is 0 Å². The lowest BCUT2D eigenvalue weighted by Crippen LogP contribution is -2.48. The molecule has 46 heavy (non-hydrogen) atoms. The van der Waals surface area contributed by atoms with E-state index in [4.69, 9.17) is 27.9 Å². The molecule has 0 amide bonds. The third-order valence-electron chi connectivity index (χ3n) is 9.09. The van der Waals surface area contributed by atoms with Crippen molar-refractivity contribution >= 4 is 46.3 Å². The lowest BCUT2D eigenvalue weighted by Gasteiger charge is -2.38. The van der Waals surface area contributed by atoms with Gasteiger partial charge in [-0.15, -0.1) is 0 Å². The summed E-state index contributed by atoms with van der Waals surface area (Å²) >= 11 is 13.1. The Labute approximate surface area is 276 Å². The van der Waals surface area contributed by atoms with Crippen LogP contribution in [0.25, 0.3) is 0 Å². The second-order valence-electron chi connectivity index (χ2n) is 11.9. The van der Waals surface area contributed by atoms with Crippen LogP contribution in [0.2, 0.25) is 0 Å². The van der Waals surface area contributed by atoms with Crippen LogP contribution in [0.15, 0.2) is 99.9 Å². The molecule has 2 saturated heterocycles. The van der Waals surface area contributed by atoms with E-state index in [-0.39, 0.29) is 68.9 Å². The first-order valence-corrected chi connectivity index (χ1v) is 16.1. The SMILES string of the molecule is O=C1C(Cl)=C(N2CCN(CC3=CC=CCC=C3)CC2)C(=O)c2cc(C3CN(C4=C(Cl)C(=O)c5ccccc5C4=O)CCO3)ccc21. The molecule has 3 aliphatic carbocycles. The third-order valence-corrected chi connectivity index (χ3v) is 9.79. The summed E-state index contributed by atoms with van der Waals surface area (Å²) in [7, 11) is 0. The normalized spacial score (nSPS) is 22.3. The van der Waals surface area contributed by atoms with Crippen molar-refractivity contribution in [3.05, 3.63) is 128 Å². The molecule has 8 nitrogen and oxygen atoms in total. The number of hydrogen-bond acceptors (Lipinski definition) is 8. The number of carbonyl (C=O) groups excluding carboxylic acids is 4. The van der Waals surface area contributed by atoms with Crippen LogP contribution in [-0.2, 0) is 4.74 Å². The van der Waals surface area contributed by atoms with Crippen molar-refractivity contribution in [2.75, 3.05) is 52.4 Å². The molecular weight excluding hydrogens is 625 g/mol. The predicted octanol–water partition coefficient (Wildman–Crippen LogP) is 5.48. The molecule has 2 fully saturated rings. The standard InChI is InChI=1S/C36H31Cl2N3O5/c37-29-31(40-15-13-39(14-16-40)20-22-7-3-1-2-4-8-22)36(45)27-19-23(11-12-26(27)34(29)43)28-21-41(17-18-46-28)32-30(38)33(42)24-9-5-6-10-25(24)35(32)44/h1,3-12,19,28H,2,13-18,20-21H2. The Balaban J connectivity index is 1.09. The van der Waals surface area contributed by atoms with E-state index in [0.29, 0.717) is 36.3 Å². The second-order valence-corrected chi connectivity index (χ2v) is 12.6. The van der Waals surface area contributed by atoms with Crippen molar-refractivity contribution < 1.29 is 23.9 Å². The number of ether oxygens (including phenoxy) is 1. The van der Waals surface area contributed by atoms with E-state index in [9.17, 15) is 19.2 Å². The molecule has 2 aliphatic heterocycles. The van der Waals surface area contributed by atoms with Crippen molar-refractivity contribution in [2.24, 2.45) is 0 Å². The first-order chi connectivity index (χ1) is 22.3. The van der Waals surface area contributed by atoms with Crippen LogP contribution in [0.5, 0.6) is 0 Å².